The standard InChI is InChI=1S/C16H19N5O.C2HF3O2/c1-16(2,6-3-14(17)22)21-10-11(9-20-21)12-4-7-18-15-13(12)5-8-19-15;3-2(4,5)1(6)7/h4-5,7-10H,3,6H2,1-2H3,(H2,17,22)(H,18,19);(H,6,7). The number of nitrogens with zero attached hydrogens (tertiary/aromatic N) is 3. The van der Waals surface area contributed by atoms with Gasteiger partial charge in [0.25, 0.3) is 0 Å². The van der Waals surface area contributed by atoms with Gasteiger partial charge >= 0.3 is 12.1 Å². The van der Waals surface area contributed by atoms with E-state index in [2.05, 4.69) is 15.1 Å². The first-order valence-electron chi connectivity index (χ1n) is 8.48. The van der Waals surface area contributed by atoms with E-state index in [9.17, 15) is 18.0 Å². The summed E-state index contributed by atoms with van der Waals surface area (Å²) in [6.45, 7) is 4.09. The van der Waals surface area contributed by atoms with Crippen LogP contribution >= 0.6 is 0 Å². The first kappa shape index (κ1) is 21.9. The molecule has 0 fully saturated rings. The summed E-state index contributed by atoms with van der Waals surface area (Å²) in [7, 11) is 0. The summed E-state index contributed by atoms with van der Waals surface area (Å²) in [6, 6.07) is 3.99. The number of pyridine rings is 1. The van der Waals surface area contributed by atoms with Crippen LogP contribution in [0.1, 0.15) is 26.7 Å². The zero-order valence-electron chi connectivity index (χ0n) is 15.7. The van der Waals surface area contributed by atoms with Crippen molar-refractivity contribution >= 4 is 22.9 Å². The predicted molar refractivity (Wildman–Crippen MR) is 98.8 cm³/mol. The Morgan fingerprint density at radius 2 is 1.93 bits per heavy atom. The van der Waals surface area contributed by atoms with Crippen LogP contribution in [0.25, 0.3) is 22.2 Å². The van der Waals surface area contributed by atoms with Crippen LogP contribution in [0.3, 0.4) is 0 Å². The number of aromatic nitrogens is 4. The van der Waals surface area contributed by atoms with Crippen LogP contribution in [0.2, 0.25) is 0 Å². The number of primary amides is 1. The van der Waals surface area contributed by atoms with Crippen molar-refractivity contribution in [3.05, 3.63) is 36.9 Å². The third-order valence-corrected chi connectivity index (χ3v) is 4.20. The lowest BCUT2D eigenvalue weighted by Gasteiger charge is -2.24. The van der Waals surface area contributed by atoms with Gasteiger partial charge in [0.05, 0.1) is 11.7 Å². The van der Waals surface area contributed by atoms with Gasteiger partial charge in [-0.05, 0) is 38.0 Å². The lowest BCUT2D eigenvalue weighted by molar-refractivity contribution is -0.192. The van der Waals surface area contributed by atoms with Crippen molar-refractivity contribution in [3.63, 3.8) is 0 Å². The van der Waals surface area contributed by atoms with Crippen molar-refractivity contribution < 1.29 is 27.9 Å². The Labute approximate surface area is 163 Å². The summed E-state index contributed by atoms with van der Waals surface area (Å²) in [5.74, 6) is -3.05. The van der Waals surface area contributed by atoms with Crippen molar-refractivity contribution in [2.24, 2.45) is 5.73 Å². The number of carboxylic acid groups (broad SMARTS) is 1. The molecular weight excluding hydrogens is 391 g/mol. The molecule has 0 radical (unpaired) electrons. The second-order valence-electron chi connectivity index (χ2n) is 6.85. The number of amides is 1. The number of rotatable bonds is 5. The van der Waals surface area contributed by atoms with Crippen LogP contribution in [-0.2, 0) is 15.1 Å². The third-order valence-electron chi connectivity index (χ3n) is 4.20. The van der Waals surface area contributed by atoms with Crippen LogP contribution in [0.5, 0.6) is 0 Å². The molecule has 0 bridgehead atoms. The summed E-state index contributed by atoms with van der Waals surface area (Å²) in [5.41, 5.74) is 7.95. The minimum atomic E-state index is -5.08. The minimum absolute atomic E-state index is 0.266. The number of nitrogens with one attached hydrogen (secondary N) is 1. The zero-order valence-corrected chi connectivity index (χ0v) is 15.7. The molecule has 11 heteroatoms. The Kier molecular flexibility index (Phi) is 6.30. The highest BCUT2D eigenvalue weighted by Crippen LogP contribution is 2.29. The van der Waals surface area contributed by atoms with Crippen molar-refractivity contribution in [3.8, 4) is 11.1 Å². The molecule has 8 nitrogen and oxygen atoms in total. The fourth-order valence-electron chi connectivity index (χ4n) is 2.55. The third kappa shape index (κ3) is 5.56. The van der Waals surface area contributed by atoms with Gasteiger partial charge in [-0.1, -0.05) is 0 Å². The number of carboxylic acids is 1. The average molecular weight is 411 g/mol. The van der Waals surface area contributed by atoms with E-state index >= 15 is 0 Å². The normalized spacial score (nSPS) is 11.8. The Morgan fingerprint density at radius 3 is 2.52 bits per heavy atom. The van der Waals surface area contributed by atoms with Gasteiger partial charge in [0.1, 0.15) is 5.65 Å². The molecule has 156 valence electrons. The quantitative estimate of drug-likeness (QED) is 0.595. The lowest BCUT2D eigenvalue weighted by atomic mass is 9.98. The van der Waals surface area contributed by atoms with E-state index in [1.54, 1.807) is 6.20 Å². The van der Waals surface area contributed by atoms with Crippen molar-refractivity contribution in [2.75, 3.05) is 0 Å². The molecule has 0 saturated carbocycles. The maximum Gasteiger partial charge on any atom is 0.490 e. The lowest BCUT2D eigenvalue weighted by Crippen LogP contribution is -2.28. The number of alkyl halides is 3. The number of hydrogen-bond donors (Lipinski definition) is 3. The fourth-order valence-corrected chi connectivity index (χ4v) is 2.55. The Balaban J connectivity index is 0.000000370. The van der Waals surface area contributed by atoms with Gasteiger partial charge in [-0.15, -0.1) is 0 Å². The first-order valence-corrected chi connectivity index (χ1v) is 8.48. The van der Waals surface area contributed by atoms with Gasteiger partial charge < -0.3 is 15.8 Å². The molecule has 0 atom stereocenters. The van der Waals surface area contributed by atoms with Crippen molar-refractivity contribution in [2.45, 2.75) is 38.4 Å². The monoisotopic (exact) mass is 411 g/mol. The smallest absolute Gasteiger partial charge is 0.475 e. The Bertz CT molecular complexity index is 1010. The van der Waals surface area contributed by atoms with Gasteiger partial charge in [-0.2, -0.15) is 18.3 Å². The number of fused-ring (bicyclic) bond motifs is 1. The van der Waals surface area contributed by atoms with Gasteiger partial charge in [0, 0.05) is 36.0 Å². The first-order chi connectivity index (χ1) is 13.4. The van der Waals surface area contributed by atoms with Gasteiger partial charge in [-0.25, -0.2) is 9.78 Å². The summed E-state index contributed by atoms with van der Waals surface area (Å²) in [5, 5.41) is 12.7. The molecule has 3 heterocycles. The van der Waals surface area contributed by atoms with Crippen molar-refractivity contribution in [1.82, 2.24) is 19.7 Å². The largest absolute Gasteiger partial charge is 0.490 e. The summed E-state index contributed by atoms with van der Waals surface area (Å²) >= 11 is 0. The molecule has 0 aliphatic heterocycles. The molecule has 0 aromatic carbocycles. The molecule has 3 rings (SSSR count). The van der Waals surface area contributed by atoms with Crippen LogP contribution in [0, 0.1) is 0 Å². The van der Waals surface area contributed by atoms with Crippen LogP contribution in [-0.4, -0.2) is 42.9 Å². The molecule has 1 amide bonds. The molecule has 3 aromatic rings. The number of halogens is 3. The molecule has 4 N–H and O–H groups in total. The van der Waals surface area contributed by atoms with E-state index in [4.69, 9.17) is 15.6 Å². The van der Waals surface area contributed by atoms with Gasteiger partial charge in [0.2, 0.25) is 5.91 Å². The van der Waals surface area contributed by atoms with Crippen LogP contribution in [0.15, 0.2) is 36.9 Å². The maximum atomic E-state index is 11.0. The Hall–Kier alpha value is -3.37. The van der Waals surface area contributed by atoms with Crippen molar-refractivity contribution in [1.29, 1.82) is 0 Å². The van der Waals surface area contributed by atoms with E-state index < -0.39 is 12.1 Å². The SMILES string of the molecule is CC(C)(CCC(N)=O)n1cc(-c2ccnc3[nH]ccc23)cn1.O=C(O)C(F)(F)F. The van der Waals surface area contributed by atoms with E-state index in [0.29, 0.717) is 12.8 Å². The summed E-state index contributed by atoms with van der Waals surface area (Å²) < 4.78 is 33.6. The van der Waals surface area contributed by atoms with E-state index in [-0.39, 0.29) is 11.4 Å². The fraction of sp³-hybridized carbons (Fsp3) is 0.333. The number of aromatic amines is 1. The van der Waals surface area contributed by atoms with E-state index in [0.717, 1.165) is 22.2 Å². The van der Waals surface area contributed by atoms with Gasteiger partial charge in [0.15, 0.2) is 0 Å². The second-order valence-corrected chi connectivity index (χ2v) is 6.85. The number of nitrogens with two attached hydrogens (primary N) is 1. The highest BCUT2D eigenvalue weighted by atomic mass is 19.4. The summed E-state index contributed by atoms with van der Waals surface area (Å²) in [4.78, 5) is 27.3. The highest BCUT2D eigenvalue weighted by Gasteiger charge is 2.38. The number of aliphatic carboxylic acids is 1. The molecule has 0 aliphatic carbocycles. The van der Waals surface area contributed by atoms with Crippen LogP contribution in [0.4, 0.5) is 13.2 Å². The molecule has 3 aromatic heterocycles. The minimum Gasteiger partial charge on any atom is -0.475 e. The maximum absolute atomic E-state index is 11.0. The highest BCUT2D eigenvalue weighted by molar-refractivity contribution is 5.92. The predicted octanol–water partition coefficient (Wildman–Crippen LogP) is 3.06. The Morgan fingerprint density at radius 1 is 1.28 bits per heavy atom. The molecule has 0 spiro atoms. The second kappa shape index (κ2) is 8.33. The molecule has 0 aliphatic rings. The molecule has 0 unspecified atom stereocenters. The molecule has 29 heavy (non-hydrogen) atoms. The molecule has 0 saturated heterocycles. The summed E-state index contributed by atoms with van der Waals surface area (Å²) in [6.07, 6.45) is 3.42. The van der Waals surface area contributed by atoms with E-state index in [1.807, 2.05) is 49.3 Å². The van der Waals surface area contributed by atoms with Gasteiger partial charge in [-0.3, -0.25) is 9.48 Å². The molecular formula is C18H20F3N5O3. The average Bonchev–Trinajstić information content (AvgIpc) is 3.29. The zero-order chi connectivity index (χ0) is 21.8. The number of hydrogen-bond acceptors (Lipinski definition) is 4. The van der Waals surface area contributed by atoms with Crippen LogP contribution < -0.4 is 5.73 Å². The topological polar surface area (TPSA) is 127 Å². The van der Waals surface area contributed by atoms with E-state index in [1.165, 1.54) is 0 Å². The number of carbonyl (C=O) groups excluding carboxylic acids is 1. The number of carbonyl (C=O) groups is 2. The number of H-pyrrole nitrogens is 1.